The van der Waals surface area contributed by atoms with Crippen LogP contribution < -0.4 is 14.8 Å². The third-order valence-electron chi connectivity index (χ3n) is 3.53. The van der Waals surface area contributed by atoms with Crippen LogP contribution in [-0.2, 0) is 15.0 Å². The van der Waals surface area contributed by atoms with Crippen LogP contribution in [0, 0.1) is 0 Å². The Labute approximate surface area is 123 Å². The van der Waals surface area contributed by atoms with E-state index in [1.54, 1.807) is 18.2 Å². The average Bonchev–Trinajstić information content (AvgIpc) is 2.48. The lowest BCUT2D eigenvalue weighted by molar-refractivity contribution is -0.132. The lowest BCUT2D eigenvalue weighted by Crippen LogP contribution is -2.39. The lowest BCUT2D eigenvalue weighted by Gasteiger charge is -2.26. The predicted molar refractivity (Wildman–Crippen MR) is 78.5 cm³/mol. The maximum Gasteiger partial charge on any atom is 0.330 e. The molecule has 0 aliphatic carbocycles. The van der Waals surface area contributed by atoms with Gasteiger partial charge in [0.2, 0.25) is 0 Å². The molecule has 114 valence electrons. The lowest BCUT2D eigenvalue weighted by atomic mass is 10.2. The van der Waals surface area contributed by atoms with Crippen molar-refractivity contribution in [2.75, 3.05) is 29.7 Å². The zero-order valence-electron chi connectivity index (χ0n) is 11.5. The number of piperidine rings is 1. The molecule has 2 heterocycles. The molecule has 7 nitrogen and oxygen atoms in total. The normalized spacial score (nSPS) is 19.3. The van der Waals surface area contributed by atoms with Crippen molar-refractivity contribution in [1.29, 1.82) is 0 Å². The topological polar surface area (TPSA) is 87.7 Å². The van der Waals surface area contributed by atoms with Gasteiger partial charge >= 0.3 is 16.2 Å². The van der Waals surface area contributed by atoms with Crippen molar-refractivity contribution in [3.63, 3.8) is 0 Å². The molecule has 0 saturated carbocycles. The van der Waals surface area contributed by atoms with Gasteiger partial charge in [-0.25, -0.2) is 4.79 Å². The van der Waals surface area contributed by atoms with Crippen molar-refractivity contribution in [1.82, 2.24) is 4.31 Å². The molecule has 1 saturated heterocycles. The number of nitrogens with one attached hydrogen (secondary N) is 2. The number of rotatable bonds is 3. The highest BCUT2D eigenvalue weighted by Gasteiger charge is 2.24. The van der Waals surface area contributed by atoms with E-state index in [-0.39, 0.29) is 12.5 Å². The fourth-order valence-electron chi connectivity index (χ4n) is 2.47. The largest absolute Gasteiger partial charge is 0.423 e. The van der Waals surface area contributed by atoms with E-state index in [0.29, 0.717) is 30.2 Å². The van der Waals surface area contributed by atoms with E-state index in [1.807, 2.05) is 0 Å². The van der Waals surface area contributed by atoms with Crippen molar-refractivity contribution in [2.45, 2.75) is 19.3 Å². The Morgan fingerprint density at radius 1 is 1.19 bits per heavy atom. The molecule has 2 aliphatic heterocycles. The Morgan fingerprint density at radius 2 is 1.95 bits per heavy atom. The Bertz CT molecular complexity index is 653. The van der Waals surface area contributed by atoms with E-state index in [0.717, 1.165) is 19.3 Å². The second kappa shape index (κ2) is 5.53. The van der Waals surface area contributed by atoms with Crippen LogP contribution in [0.3, 0.4) is 0 Å². The number of nitrogens with zero attached hydrogens (tertiary/aromatic N) is 1. The number of ether oxygens (including phenoxy) is 1. The van der Waals surface area contributed by atoms with Gasteiger partial charge in [0.1, 0.15) is 6.54 Å². The third kappa shape index (κ3) is 3.11. The Balaban J connectivity index is 1.77. The van der Waals surface area contributed by atoms with Gasteiger partial charge in [-0.1, -0.05) is 6.42 Å². The van der Waals surface area contributed by atoms with E-state index >= 15 is 0 Å². The van der Waals surface area contributed by atoms with E-state index in [2.05, 4.69) is 10.0 Å². The molecule has 1 aromatic rings. The number of benzene rings is 1. The average molecular weight is 311 g/mol. The fourth-order valence-corrected chi connectivity index (χ4v) is 3.76. The molecule has 2 N–H and O–H groups in total. The monoisotopic (exact) mass is 311 g/mol. The van der Waals surface area contributed by atoms with E-state index in [1.165, 1.54) is 4.31 Å². The van der Waals surface area contributed by atoms with Crippen molar-refractivity contribution in [3.8, 4) is 5.75 Å². The summed E-state index contributed by atoms with van der Waals surface area (Å²) in [6.07, 6.45) is 2.85. The van der Waals surface area contributed by atoms with Gasteiger partial charge in [-0.2, -0.15) is 12.7 Å². The van der Waals surface area contributed by atoms with E-state index in [9.17, 15) is 13.2 Å². The molecule has 0 bridgehead atoms. The molecule has 8 heteroatoms. The quantitative estimate of drug-likeness (QED) is 0.646. The number of esters is 1. The van der Waals surface area contributed by atoms with Crippen LogP contribution in [0.15, 0.2) is 18.2 Å². The third-order valence-corrected chi connectivity index (χ3v) is 5.07. The number of anilines is 2. The minimum Gasteiger partial charge on any atom is -0.423 e. The molecule has 0 spiro atoms. The standard InChI is InChI=1S/C13H17N3O4S/c17-13-9-14-11-8-10(4-5-12(11)20-13)15-21(18,19)16-6-2-1-3-7-16/h4-5,8,14-15H,1-3,6-7,9H2. The second-order valence-corrected chi connectivity index (χ2v) is 6.78. The molecule has 1 aromatic carbocycles. The summed E-state index contributed by atoms with van der Waals surface area (Å²) in [6.45, 7) is 1.18. The summed E-state index contributed by atoms with van der Waals surface area (Å²) in [6, 6.07) is 4.79. The number of carbonyl (C=O) groups is 1. The van der Waals surface area contributed by atoms with Crippen LogP contribution in [0.5, 0.6) is 5.75 Å². The Morgan fingerprint density at radius 3 is 2.71 bits per heavy atom. The van der Waals surface area contributed by atoms with E-state index < -0.39 is 10.2 Å². The highest BCUT2D eigenvalue weighted by Crippen LogP contribution is 2.31. The summed E-state index contributed by atoms with van der Waals surface area (Å²) < 4.78 is 33.6. The van der Waals surface area contributed by atoms with Crippen LogP contribution in [0.25, 0.3) is 0 Å². The van der Waals surface area contributed by atoms with Crippen molar-refractivity contribution >= 4 is 27.6 Å². The first kappa shape index (κ1) is 14.2. The zero-order valence-corrected chi connectivity index (χ0v) is 12.3. The van der Waals surface area contributed by atoms with Crippen LogP contribution in [0.4, 0.5) is 11.4 Å². The van der Waals surface area contributed by atoms with Gasteiger partial charge in [0.05, 0.1) is 11.4 Å². The van der Waals surface area contributed by atoms with Crippen molar-refractivity contribution < 1.29 is 17.9 Å². The van der Waals surface area contributed by atoms with Gasteiger partial charge in [0.15, 0.2) is 5.75 Å². The zero-order chi connectivity index (χ0) is 14.9. The van der Waals surface area contributed by atoms with Gasteiger partial charge in [-0.3, -0.25) is 4.72 Å². The molecule has 21 heavy (non-hydrogen) atoms. The fraction of sp³-hybridized carbons (Fsp3) is 0.462. The summed E-state index contributed by atoms with van der Waals surface area (Å²) in [4.78, 5) is 11.1. The first-order chi connectivity index (χ1) is 10.0. The smallest absolute Gasteiger partial charge is 0.330 e. The molecule has 0 atom stereocenters. The Kier molecular flexibility index (Phi) is 3.73. The highest BCUT2D eigenvalue weighted by atomic mass is 32.2. The van der Waals surface area contributed by atoms with Crippen molar-refractivity contribution in [3.05, 3.63) is 18.2 Å². The number of hydrogen-bond donors (Lipinski definition) is 2. The number of carbonyl (C=O) groups excluding carboxylic acids is 1. The molecule has 0 amide bonds. The van der Waals surface area contributed by atoms with Crippen LogP contribution in [0.1, 0.15) is 19.3 Å². The first-order valence-corrected chi connectivity index (χ1v) is 8.35. The minimum atomic E-state index is -3.53. The SMILES string of the molecule is O=C1CNc2cc(NS(=O)(=O)N3CCCCC3)ccc2O1. The summed E-state index contributed by atoms with van der Waals surface area (Å²) in [5.74, 6) is 0.0521. The summed E-state index contributed by atoms with van der Waals surface area (Å²) in [5, 5.41) is 2.90. The predicted octanol–water partition coefficient (Wildman–Crippen LogP) is 1.16. The molecule has 0 unspecified atom stereocenters. The molecule has 3 rings (SSSR count). The highest BCUT2D eigenvalue weighted by molar-refractivity contribution is 7.90. The summed E-state index contributed by atoms with van der Waals surface area (Å²) >= 11 is 0. The number of fused-ring (bicyclic) bond motifs is 1. The second-order valence-electron chi connectivity index (χ2n) is 5.11. The molecule has 1 fully saturated rings. The summed E-state index contributed by atoms with van der Waals surface area (Å²) in [5.41, 5.74) is 1.05. The number of hydrogen-bond acceptors (Lipinski definition) is 5. The van der Waals surface area contributed by atoms with Crippen LogP contribution >= 0.6 is 0 Å². The van der Waals surface area contributed by atoms with Gasteiger partial charge in [0.25, 0.3) is 0 Å². The van der Waals surface area contributed by atoms with Gasteiger partial charge in [0, 0.05) is 13.1 Å². The maximum absolute atomic E-state index is 12.3. The molecule has 2 aliphatic rings. The molecular formula is C13H17N3O4S. The van der Waals surface area contributed by atoms with Gasteiger partial charge in [-0.15, -0.1) is 0 Å². The Hall–Kier alpha value is -1.80. The van der Waals surface area contributed by atoms with Crippen LogP contribution in [0.2, 0.25) is 0 Å². The minimum absolute atomic E-state index is 0.0787. The van der Waals surface area contributed by atoms with Gasteiger partial charge < -0.3 is 10.1 Å². The van der Waals surface area contributed by atoms with Crippen LogP contribution in [-0.4, -0.2) is 38.3 Å². The van der Waals surface area contributed by atoms with Crippen molar-refractivity contribution in [2.24, 2.45) is 0 Å². The van der Waals surface area contributed by atoms with Gasteiger partial charge in [-0.05, 0) is 31.0 Å². The maximum atomic E-state index is 12.3. The molecule has 0 radical (unpaired) electrons. The first-order valence-electron chi connectivity index (χ1n) is 6.91. The van der Waals surface area contributed by atoms with E-state index in [4.69, 9.17) is 4.74 Å². The summed E-state index contributed by atoms with van der Waals surface area (Å²) in [7, 11) is -3.53. The molecular weight excluding hydrogens is 294 g/mol. The molecule has 0 aromatic heterocycles.